The van der Waals surface area contributed by atoms with E-state index in [1.807, 2.05) is 55.4 Å². The summed E-state index contributed by atoms with van der Waals surface area (Å²) in [5, 5.41) is 4.08. The number of hydrogen-bond acceptors (Lipinski definition) is 6. The quantitative estimate of drug-likeness (QED) is 0.415. The van der Waals surface area contributed by atoms with Crippen molar-refractivity contribution in [2.24, 2.45) is 11.8 Å². The van der Waals surface area contributed by atoms with Crippen LogP contribution in [0, 0.1) is 11.8 Å². The molecular weight excluding hydrogens is 356 g/mol. The van der Waals surface area contributed by atoms with E-state index in [-0.39, 0.29) is 29.6 Å². The van der Waals surface area contributed by atoms with Gasteiger partial charge in [0.2, 0.25) is 5.78 Å². The highest BCUT2D eigenvalue weighted by Gasteiger charge is 2.67. The average molecular weight is 382 g/mol. The molecule has 6 nitrogen and oxygen atoms in total. The Hall–Kier alpha value is -2.44. The van der Waals surface area contributed by atoms with Gasteiger partial charge in [0.25, 0.3) is 5.88 Å². The lowest BCUT2D eigenvalue weighted by atomic mass is 9.74. The first-order valence-electron chi connectivity index (χ1n) is 9.64. The van der Waals surface area contributed by atoms with Crippen molar-refractivity contribution < 1.29 is 18.8 Å². The van der Waals surface area contributed by atoms with Crippen molar-refractivity contribution in [3.63, 3.8) is 0 Å². The van der Waals surface area contributed by atoms with Gasteiger partial charge in [-0.2, -0.15) is 0 Å². The van der Waals surface area contributed by atoms with Gasteiger partial charge < -0.3 is 18.9 Å². The molecule has 0 unspecified atom stereocenters. The summed E-state index contributed by atoms with van der Waals surface area (Å²) in [5.74, 6) is 0.981. The van der Waals surface area contributed by atoms with Gasteiger partial charge in [-0.1, -0.05) is 56.3 Å². The zero-order valence-corrected chi connectivity index (χ0v) is 16.7. The van der Waals surface area contributed by atoms with E-state index in [4.69, 9.17) is 14.0 Å². The largest absolute Gasteiger partial charge is 0.470 e. The van der Waals surface area contributed by atoms with Crippen molar-refractivity contribution >= 4 is 5.78 Å². The Morgan fingerprint density at radius 1 is 1.21 bits per heavy atom. The molecule has 0 N–H and O–H groups in total. The number of aromatic nitrogens is 1. The van der Waals surface area contributed by atoms with Crippen LogP contribution in [0.4, 0.5) is 0 Å². The molecule has 1 fully saturated rings. The molecule has 0 amide bonds. The van der Waals surface area contributed by atoms with Crippen LogP contribution in [0.5, 0.6) is 5.88 Å². The number of epoxide rings is 1. The first-order valence-corrected chi connectivity index (χ1v) is 9.64. The van der Waals surface area contributed by atoms with Crippen molar-refractivity contribution in [2.75, 3.05) is 14.1 Å². The second-order valence-electron chi connectivity index (χ2n) is 7.99. The molecule has 1 aliphatic carbocycles. The Morgan fingerprint density at radius 3 is 2.68 bits per heavy atom. The van der Waals surface area contributed by atoms with Crippen LogP contribution in [0.3, 0.4) is 0 Å². The summed E-state index contributed by atoms with van der Waals surface area (Å²) in [6.07, 6.45) is 3.93. The smallest absolute Gasteiger partial charge is 0.265 e. The van der Waals surface area contributed by atoms with Crippen LogP contribution in [0.25, 0.3) is 0 Å². The van der Waals surface area contributed by atoms with Crippen LogP contribution in [0.15, 0.2) is 47.0 Å². The fraction of sp³-hybridized carbons (Fsp3) is 0.455. The van der Waals surface area contributed by atoms with Gasteiger partial charge in [-0.25, -0.2) is 0 Å². The Balaban J connectivity index is 1.65. The Kier molecular flexibility index (Phi) is 4.85. The zero-order chi connectivity index (χ0) is 19.9. The molecule has 0 saturated carbocycles. The van der Waals surface area contributed by atoms with Crippen molar-refractivity contribution in [3.8, 4) is 5.88 Å². The second-order valence-corrected chi connectivity index (χ2v) is 7.99. The highest BCUT2D eigenvalue weighted by molar-refractivity contribution is 6.07. The molecule has 0 radical (unpaired) electrons. The molecule has 1 saturated heterocycles. The average Bonchev–Trinajstić information content (AvgIpc) is 3.32. The van der Waals surface area contributed by atoms with Crippen LogP contribution in [0.2, 0.25) is 0 Å². The minimum Gasteiger partial charge on any atom is -0.470 e. The Morgan fingerprint density at radius 2 is 1.96 bits per heavy atom. The Labute approximate surface area is 165 Å². The SMILES string of the molecule is C[C@@H]1C=C[C@@H]2O[C@]2(C(=O)c2c(OCc3ccccc3)noc2CN(C)C)[C@@H]1C. The first-order chi connectivity index (χ1) is 13.4. The van der Waals surface area contributed by atoms with Crippen molar-refractivity contribution in [3.05, 3.63) is 59.4 Å². The number of rotatable bonds is 7. The van der Waals surface area contributed by atoms with E-state index in [2.05, 4.69) is 25.1 Å². The lowest BCUT2D eigenvalue weighted by Crippen LogP contribution is -2.39. The monoisotopic (exact) mass is 382 g/mol. The van der Waals surface area contributed by atoms with Crippen molar-refractivity contribution in [1.82, 2.24) is 10.1 Å². The van der Waals surface area contributed by atoms with E-state index in [1.165, 1.54) is 0 Å². The molecule has 28 heavy (non-hydrogen) atoms. The summed E-state index contributed by atoms with van der Waals surface area (Å²) in [7, 11) is 3.84. The van der Waals surface area contributed by atoms with Crippen molar-refractivity contribution in [2.45, 2.75) is 38.7 Å². The van der Waals surface area contributed by atoms with Gasteiger partial charge >= 0.3 is 0 Å². The van der Waals surface area contributed by atoms with E-state index in [1.54, 1.807) is 0 Å². The normalized spacial score (nSPS) is 28.2. The highest BCUT2D eigenvalue weighted by Crippen LogP contribution is 2.53. The highest BCUT2D eigenvalue weighted by atomic mass is 16.6. The lowest BCUT2D eigenvalue weighted by molar-refractivity contribution is 0.0778. The third-order valence-electron chi connectivity index (χ3n) is 5.73. The maximum atomic E-state index is 13.7. The number of carbonyl (C=O) groups is 1. The number of nitrogens with zero attached hydrogens (tertiary/aromatic N) is 2. The Bertz CT molecular complexity index is 889. The molecule has 1 aliphatic heterocycles. The van der Waals surface area contributed by atoms with E-state index in [0.29, 0.717) is 24.5 Å². The zero-order valence-electron chi connectivity index (χ0n) is 16.7. The number of ketones is 1. The molecule has 1 aromatic heterocycles. The first kappa shape index (κ1) is 18.9. The lowest BCUT2D eigenvalue weighted by Gasteiger charge is -2.26. The van der Waals surface area contributed by atoms with Gasteiger partial charge in [0, 0.05) is 5.92 Å². The maximum Gasteiger partial charge on any atom is 0.265 e. The molecule has 2 heterocycles. The number of carbonyl (C=O) groups excluding carboxylic acids is 1. The number of allylic oxidation sites excluding steroid dienone is 1. The fourth-order valence-corrected chi connectivity index (χ4v) is 3.89. The summed E-state index contributed by atoms with van der Waals surface area (Å²) >= 11 is 0. The molecule has 148 valence electrons. The molecule has 4 rings (SSSR count). The molecule has 0 spiro atoms. The predicted molar refractivity (Wildman–Crippen MR) is 104 cm³/mol. The predicted octanol–water partition coefficient (Wildman–Crippen LogP) is 3.48. The van der Waals surface area contributed by atoms with Gasteiger partial charge in [-0.3, -0.25) is 4.79 Å². The summed E-state index contributed by atoms with van der Waals surface area (Å²) in [6.45, 7) is 4.95. The number of ether oxygens (including phenoxy) is 2. The molecule has 4 atom stereocenters. The minimum absolute atomic E-state index is 0.0686. The van der Waals surface area contributed by atoms with Gasteiger partial charge in [-0.15, -0.1) is 0 Å². The number of hydrogen-bond donors (Lipinski definition) is 0. The van der Waals surface area contributed by atoms with Gasteiger partial charge in [-0.05, 0) is 30.7 Å². The molecule has 6 heteroatoms. The number of fused-ring (bicyclic) bond motifs is 1. The number of Topliss-reactive ketones (excluding diaryl/α,β-unsaturated/α-hetero) is 1. The van der Waals surface area contributed by atoms with E-state index in [9.17, 15) is 4.79 Å². The second kappa shape index (κ2) is 7.18. The third kappa shape index (κ3) is 3.16. The molecular formula is C22H26N2O4. The summed E-state index contributed by atoms with van der Waals surface area (Å²) in [5.41, 5.74) is 0.562. The summed E-state index contributed by atoms with van der Waals surface area (Å²) in [6, 6.07) is 9.79. The maximum absolute atomic E-state index is 13.7. The summed E-state index contributed by atoms with van der Waals surface area (Å²) < 4.78 is 17.4. The van der Waals surface area contributed by atoms with Gasteiger partial charge in [0.1, 0.15) is 18.3 Å². The summed E-state index contributed by atoms with van der Waals surface area (Å²) in [4.78, 5) is 15.6. The molecule has 2 aromatic rings. The van der Waals surface area contributed by atoms with Crippen LogP contribution in [-0.4, -0.2) is 41.6 Å². The van der Waals surface area contributed by atoms with Crippen LogP contribution < -0.4 is 4.74 Å². The molecule has 1 aromatic carbocycles. The van der Waals surface area contributed by atoms with Crippen LogP contribution >= 0.6 is 0 Å². The van der Waals surface area contributed by atoms with E-state index < -0.39 is 5.60 Å². The van der Waals surface area contributed by atoms with Crippen LogP contribution in [-0.2, 0) is 17.9 Å². The van der Waals surface area contributed by atoms with Gasteiger partial charge in [0.15, 0.2) is 11.4 Å². The van der Waals surface area contributed by atoms with Crippen LogP contribution in [0.1, 0.15) is 35.5 Å². The van der Waals surface area contributed by atoms with E-state index >= 15 is 0 Å². The third-order valence-corrected chi connectivity index (χ3v) is 5.73. The minimum atomic E-state index is -0.842. The fourth-order valence-electron chi connectivity index (χ4n) is 3.89. The number of benzene rings is 1. The van der Waals surface area contributed by atoms with Crippen molar-refractivity contribution in [1.29, 1.82) is 0 Å². The van der Waals surface area contributed by atoms with Gasteiger partial charge in [0.05, 0.1) is 6.54 Å². The molecule has 2 aliphatic rings. The standard InChI is InChI=1S/C22H26N2O4/c1-14-10-11-18-22(27-18,15(14)2)20(25)19-17(12-24(3)4)28-23-21(19)26-13-16-8-6-5-7-9-16/h5-11,14-15,18H,12-13H2,1-4H3/t14-,15-,18+,22-/m1/s1. The topological polar surface area (TPSA) is 68.1 Å². The van der Waals surface area contributed by atoms with E-state index in [0.717, 1.165) is 5.56 Å². The molecule has 0 bridgehead atoms.